The summed E-state index contributed by atoms with van der Waals surface area (Å²) in [6, 6.07) is 0.142. The van der Waals surface area contributed by atoms with Crippen LogP contribution in [-0.4, -0.2) is 46.9 Å². The van der Waals surface area contributed by atoms with Gasteiger partial charge in [-0.2, -0.15) is 11.8 Å². The first kappa shape index (κ1) is 15.1. The summed E-state index contributed by atoms with van der Waals surface area (Å²) in [6.45, 7) is 3.82. The predicted octanol–water partition coefficient (Wildman–Crippen LogP) is 0.969. The third-order valence-electron chi connectivity index (χ3n) is 2.60. The molecule has 2 atom stereocenters. The van der Waals surface area contributed by atoms with Crippen LogP contribution in [0.15, 0.2) is 5.16 Å². The normalized spacial score (nSPS) is 15.6. The van der Waals surface area contributed by atoms with Crippen molar-refractivity contribution in [3.05, 3.63) is 0 Å². The number of amidine groups is 1. The monoisotopic (exact) mass is 247 g/mol. The Hall–Kier alpha value is -0.910. The Kier molecular flexibility index (Phi) is 6.96. The molecule has 0 aliphatic heterocycles. The number of hydrogen-bond acceptors (Lipinski definition) is 4. The number of carbonyl (C=O) groups excluding carboxylic acids is 1. The highest BCUT2D eigenvalue weighted by Crippen LogP contribution is 2.11. The van der Waals surface area contributed by atoms with Gasteiger partial charge in [-0.1, -0.05) is 12.1 Å². The smallest absolute Gasteiger partial charge is 0.233 e. The van der Waals surface area contributed by atoms with Gasteiger partial charge in [0.25, 0.3) is 0 Å². The molecule has 0 fully saturated rings. The van der Waals surface area contributed by atoms with E-state index in [2.05, 4.69) is 5.16 Å². The number of carbonyl (C=O) groups is 1. The van der Waals surface area contributed by atoms with E-state index >= 15 is 0 Å². The van der Waals surface area contributed by atoms with Crippen molar-refractivity contribution in [1.82, 2.24) is 4.90 Å². The molecular weight excluding hydrogens is 226 g/mol. The third-order valence-corrected chi connectivity index (χ3v) is 3.41. The van der Waals surface area contributed by atoms with E-state index in [-0.39, 0.29) is 17.8 Å². The molecule has 0 aliphatic rings. The summed E-state index contributed by atoms with van der Waals surface area (Å²) in [4.78, 5) is 13.7. The predicted molar refractivity (Wildman–Crippen MR) is 67.8 cm³/mol. The molecule has 1 amide bonds. The van der Waals surface area contributed by atoms with Gasteiger partial charge in [0.05, 0.1) is 5.92 Å². The zero-order valence-electron chi connectivity index (χ0n) is 10.3. The fourth-order valence-corrected chi connectivity index (χ4v) is 2.10. The van der Waals surface area contributed by atoms with Crippen LogP contribution in [0.2, 0.25) is 0 Å². The van der Waals surface area contributed by atoms with Crippen LogP contribution in [0.3, 0.4) is 0 Å². The van der Waals surface area contributed by atoms with E-state index in [0.717, 1.165) is 5.75 Å². The van der Waals surface area contributed by atoms with Crippen LogP contribution in [0.1, 0.15) is 20.3 Å². The van der Waals surface area contributed by atoms with Crippen LogP contribution in [-0.2, 0) is 4.79 Å². The lowest BCUT2D eigenvalue weighted by Gasteiger charge is -2.27. The Morgan fingerprint density at radius 3 is 2.56 bits per heavy atom. The minimum atomic E-state index is -0.528. The van der Waals surface area contributed by atoms with Crippen LogP contribution >= 0.6 is 11.8 Å². The van der Waals surface area contributed by atoms with E-state index in [4.69, 9.17) is 10.9 Å². The van der Waals surface area contributed by atoms with Crippen molar-refractivity contribution >= 4 is 23.5 Å². The molecule has 3 N–H and O–H groups in total. The molecule has 0 radical (unpaired) electrons. The Morgan fingerprint density at radius 1 is 1.62 bits per heavy atom. The lowest BCUT2D eigenvalue weighted by Crippen LogP contribution is -2.44. The number of hydrogen-bond donors (Lipinski definition) is 2. The quantitative estimate of drug-likeness (QED) is 0.317. The van der Waals surface area contributed by atoms with Crippen molar-refractivity contribution in [3.63, 3.8) is 0 Å². The maximum Gasteiger partial charge on any atom is 0.233 e. The second-order valence-electron chi connectivity index (χ2n) is 3.74. The molecule has 0 saturated carbocycles. The highest BCUT2D eigenvalue weighted by molar-refractivity contribution is 7.98. The molecule has 0 aliphatic carbocycles. The molecule has 2 unspecified atom stereocenters. The van der Waals surface area contributed by atoms with E-state index in [1.165, 1.54) is 0 Å². The van der Waals surface area contributed by atoms with Crippen LogP contribution in [0.5, 0.6) is 0 Å². The molecule has 0 bridgehead atoms. The molecule has 0 rings (SSSR count). The SMILES string of the molecule is CCC(C(=O)N(C)C(C)CSC)C(N)=NO. The van der Waals surface area contributed by atoms with Gasteiger partial charge in [0.2, 0.25) is 5.91 Å². The van der Waals surface area contributed by atoms with Crippen molar-refractivity contribution in [2.24, 2.45) is 16.8 Å². The number of nitrogens with two attached hydrogens (primary N) is 1. The summed E-state index contributed by atoms with van der Waals surface area (Å²) in [7, 11) is 1.75. The van der Waals surface area contributed by atoms with Crippen LogP contribution in [0, 0.1) is 5.92 Å². The molecule has 0 aromatic heterocycles. The Morgan fingerprint density at radius 2 is 2.19 bits per heavy atom. The summed E-state index contributed by atoms with van der Waals surface area (Å²) in [5, 5.41) is 11.5. The first-order valence-corrected chi connectivity index (χ1v) is 6.61. The van der Waals surface area contributed by atoms with E-state index < -0.39 is 5.92 Å². The molecule has 6 heteroatoms. The lowest BCUT2D eigenvalue weighted by molar-refractivity contribution is -0.133. The topological polar surface area (TPSA) is 78.9 Å². The second kappa shape index (κ2) is 7.38. The Balaban J connectivity index is 4.62. The average Bonchev–Trinajstić information content (AvgIpc) is 2.28. The van der Waals surface area contributed by atoms with Gasteiger partial charge in [-0.25, -0.2) is 0 Å². The van der Waals surface area contributed by atoms with E-state index in [9.17, 15) is 4.79 Å². The van der Waals surface area contributed by atoms with Crippen LogP contribution < -0.4 is 5.73 Å². The Bertz CT molecular complexity index is 258. The van der Waals surface area contributed by atoms with Crippen molar-refractivity contribution in [3.8, 4) is 0 Å². The fraction of sp³-hybridized carbons (Fsp3) is 0.800. The van der Waals surface area contributed by atoms with Crippen molar-refractivity contribution in [2.75, 3.05) is 19.1 Å². The summed E-state index contributed by atoms with van der Waals surface area (Å²) in [5.41, 5.74) is 5.49. The van der Waals surface area contributed by atoms with Gasteiger partial charge in [-0.3, -0.25) is 4.79 Å². The van der Waals surface area contributed by atoms with Crippen molar-refractivity contribution in [1.29, 1.82) is 0 Å². The summed E-state index contributed by atoms with van der Waals surface area (Å²) in [6.07, 6.45) is 2.53. The van der Waals surface area contributed by atoms with Gasteiger partial charge < -0.3 is 15.8 Å². The molecule has 5 nitrogen and oxygen atoms in total. The first-order valence-electron chi connectivity index (χ1n) is 5.22. The van der Waals surface area contributed by atoms with Gasteiger partial charge >= 0.3 is 0 Å². The Labute approximate surface area is 101 Å². The molecular formula is C10H21N3O2S. The molecule has 0 aromatic carbocycles. The molecule has 94 valence electrons. The zero-order valence-corrected chi connectivity index (χ0v) is 11.1. The first-order chi connectivity index (χ1) is 7.49. The highest BCUT2D eigenvalue weighted by atomic mass is 32.2. The number of amides is 1. The van der Waals surface area contributed by atoms with Crippen molar-refractivity contribution < 1.29 is 10.0 Å². The molecule has 0 heterocycles. The second-order valence-corrected chi connectivity index (χ2v) is 4.65. The summed E-state index contributed by atoms with van der Waals surface area (Å²) in [5.74, 6) is 0.226. The van der Waals surface area contributed by atoms with Gasteiger partial charge in [0.15, 0.2) is 5.84 Å². The van der Waals surface area contributed by atoms with Gasteiger partial charge in [0, 0.05) is 18.8 Å². The molecule has 16 heavy (non-hydrogen) atoms. The lowest BCUT2D eigenvalue weighted by atomic mass is 10.0. The fourth-order valence-electron chi connectivity index (χ4n) is 1.40. The highest BCUT2D eigenvalue weighted by Gasteiger charge is 2.26. The minimum absolute atomic E-state index is 0.0179. The van der Waals surface area contributed by atoms with Gasteiger partial charge in [-0.05, 0) is 19.6 Å². The standard InChI is InChI=1S/C10H21N3O2S/c1-5-8(9(11)12-15)10(14)13(3)7(2)6-16-4/h7-8,15H,5-6H2,1-4H3,(H2,11,12). The number of rotatable bonds is 6. The van der Waals surface area contributed by atoms with Gasteiger partial charge in [-0.15, -0.1) is 0 Å². The van der Waals surface area contributed by atoms with Crippen LogP contribution in [0.4, 0.5) is 0 Å². The van der Waals surface area contributed by atoms with E-state index in [1.807, 2.05) is 20.1 Å². The minimum Gasteiger partial charge on any atom is -0.409 e. The van der Waals surface area contributed by atoms with E-state index in [0.29, 0.717) is 6.42 Å². The number of thioether (sulfide) groups is 1. The van der Waals surface area contributed by atoms with Crippen molar-refractivity contribution in [2.45, 2.75) is 26.3 Å². The van der Waals surface area contributed by atoms with E-state index in [1.54, 1.807) is 23.7 Å². The zero-order chi connectivity index (χ0) is 12.7. The molecule has 0 spiro atoms. The molecule has 0 saturated heterocycles. The third kappa shape index (κ3) is 3.92. The maximum atomic E-state index is 12.0. The molecule has 0 aromatic rings. The van der Waals surface area contributed by atoms with Gasteiger partial charge in [0.1, 0.15) is 0 Å². The summed E-state index contributed by atoms with van der Waals surface area (Å²) < 4.78 is 0. The summed E-state index contributed by atoms with van der Waals surface area (Å²) >= 11 is 1.68. The van der Waals surface area contributed by atoms with Crippen LogP contribution in [0.25, 0.3) is 0 Å². The average molecular weight is 247 g/mol. The number of oxime groups is 1. The maximum absolute atomic E-state index is 12.0. The largest absolute Gasteiger partial charge is 0.409 e. The number of nitrogens with zero attached hydrogens (tertiary/aromatic N) is 2.